The minimum Gasteiger partial charge on any atom is -0.0876 e. The molecule has 1 aliphatic carbocycles. The van der Waals surface area contributed by atoms with E-state index in [-0.39, 0.29) is 0 Å². The van der Waals surface area contributed by atoms with E-state index in [4.69, 9.17) is 0 Å². The van der Waals surface area contributed by atoms with Crippen molar-refractivity contribution in [3.63, 3.8) is 0 Å². The highest BCUT2D eigenvalue weighted by Crippen LogP contribution is 2.24. The predicted molar refractivity (Wildman–Crippen MR) is 48.1 cm³/mol. The second kappa shape index (κ2) is 5.52. The van der Waals surface area contributed by atoms with Crippen LogP contribution >= 0.6 is 0 Å². The summed E-state index contributed by atoms with van der Waals surface area (Å²) in [6.07, 6.45) is 7.10. The molecule has 0 saturated carbocycles. The van der Waals surface area contributed by atoms with Crippen LogP contribution in [0.3, 0.4) is 0 Å². The summed E-state index contributed by atoms with van der Waals surface area (Å²) in [5, 5.41) is 0. The molecule has 0 N–H and O–H groups in total. The van der Waals surface area contributed by atoms with E-state index in [1.54, 1.807) is 0 Å². The van der Waals surface area contributed by atoms with Crippen molar-refractivity contribution in [2.75, 3.05) is 0 Å². The molecular weight excluding hydrogens is 120 g/mol. The van der Waals surface area contributed by atoms with Crippen molar-refractivity contribution >= 4 is 0 Å². The summed E-state index contributed by atoms with van der Waals surface area (Å²) in [6, 6.07) is 0. The van der Waals surface area contributed by atoms with E-state index >= 15 is 0 Å². The summed E-state index contributed by atoms with van der Waals surface area (Å²) in [5.74, 6) is 1.77. The smallest absolute Gasteiger partial charge is 0.0176 e. The first-order valence-electron chi connectivity index (χ1n) is 4.39. The fraction of sp³-hybridized carbons (Fsp3) is 0.800. The summed E-state index contributed by atoms with van der Waals surface area (Å²) in [4.78, 5) is 0. The Bertz CT molecular complexity index is 90.2. The topological polar surface area (TPSA) is 0 Å². The fourth-order valence-electron chi connectivity index (χ4n) is 0.788. The molecule has 0 aliphatic heterocycles. The van der Waals surface area contributed by atoms with Crippen LogP contribution in [0.5, 0.6) is 0 Å². The summed E-state index contributed by atoms with van der Waals surface area (Å²) in [7, 11) is 0. The summed E-state index contributed by atoms with van der Waals surface area (Å²) < 4.78 is 0. The van der Waals surface area contributed by atoms with E-state index in [0.29, 0.717) is 0 Å². The van der Waals surface area contributed by atoms with Gasteiger partial charge in [0.25, 0.3) is 0 Å². The second-order valence-corrected chi connectivity index (χ2v) is 3.28. The average molecular weight is 140 g/mol. The van der Waals surface area contributed by atoms with Gasteiger partial charge < -0.3 is 0 Å². The van der Waals surface area contributed by atoms with Gasteiger partial charge in [0.2, 0.25) is 0 Å². The fourth-order valence-corrected chi connectivity index (χ4v) is 0.788. The number of rotatable bonds is 1. The second-order valence-electron chi connectivity index (χ2n) is 3.28. The van der Waals surface area contributed by atoms with Crippen LogP contribution in [0.1, 0.15) is 40.5 Å². The van der Waals surface area contributed by atoms with E-state index in [2.05, 4.69) is 39.8 Å². The van der Waals surface area contributed by atoms with Crippen LogP contribution in [0.15, 0.2) is 12.2 Å². The molecule has 10 heavy (non-hydrogen) atoms. The molecule has 0 heteroatoms. The van der Waals surface area contributed by atoms with Gasteiger partial charge in [-0.25, -0.2) is 0 Å². The molecule has 0 radical (unpaired) electrons. The number of hydrogen-bond acceptors (Lipinski definition) is 0. The molecule has 1 unspecified atom stereocenters. The van der Waals surface area contributed by atoms with Gasteiger partial charge in [-0.3, -0.25) is 0 Å². The first kappa shape index (κ1) is 9.74. The standard InChI is InChI=1S/C7H12.C3H8/c1-6(2)7-4-3-5-7;1-3-2/h3-4,6-7H,5H2,1-2H3;3H2,1-2H3. The lowest BCUT2D eigenvalue weighted by Crippen LogP contribution is -2.09. The Kier molecular flexibility index (Phi) is 5.38. The Hall–Kier alpha value is -0.260. The van der Waals surface area contributed by atoms with Gasteiger partial charge in [-0.15, -0.1) is 0 Å². The van der Waals surface area contributed by atoms with E-state index in [0.717, 1.165) is 11.8 Å². The molecule has 0 heterocycles. The zero-order chi connectivity index (χ0) is 7.98. The molecule has 1 aliphatic rings. The maximum atomic E-state index is 2.30. The lowest BCUT2D eigenvalue weighted by molar-refractivity contribution is 0.440. The Morgan fingerprint density at radius 1 is 1.40 bits per heavy atom. The lowest BCUT2D eigenvalue weighted by atomic mass is 9.85. The van der Waals surface area contributed by atoms with Gasteiger partial charge in [0.05, 0.1) is 0 Å². The van der Waals surface area contributed by atoms with Crippen LogP contribution in [0.25, 0.3) is 0 Å². The minimum absolute atomic E-state index is 0.866. The van der Waals surface area contributed by atoms with Crippen molar-refractivity contribution < 1.29 is 0 Å². The van der Waals surface area contributed by atoms with Gasteiger partial charge in [-0.2, -0.15) is 0 Å². The minimum atomic E-state index is 0.866. The molecule has 0 bridgehead atoms. The maximum Gasteiger partial charge on any atom is -0.0176 e. The van der Waals surface area contributed by atoms with Gasteiger partial charge >= 0.3 is 0 Å². The van der Waals surface area contributed by atoms with Crippen molar-refractivity contribution in [1.29, 1.82) is 0 Å². The third-order valence-electron chi connectivity index (χ3n) is 1.65. The molecule has 1 atom stereocenters. The van der Waals surface area contributed by atoms with Crippen molar-refractivity contribution in [2.45, 2.75) is 40.5 Å². The van der Waals surface area contributed by atoms with Crippen molar-refractivity contribution in [1.82, 2.24) is 0 Å². The molecule has 0 aromatic carbocycles. The summed E-state index contributed by atoms with van der Waals surface area (Å²) >= 11 is 0. The lowest BCUT2D eigenvalue weighted by Gasteiger charge is -2.20. The molecule has 0 amide bonds. The molecule has 0 fully saturated rings. The molecule has 0 aromatic rings. The van der Waals surface area contributed by atoms with Gasteiger partial charge in [-0.1, -0.05) is 46.3 Å². The summed E-state index contributed by atoms with van der Waals surface area (Å²) in [5.41, 5.74) is 0. The van der Waals surface area contributed by atoms with Crippen molar-refractivity contribution in [3.05, 3.63) is 12.2 Å². The third kappa shape index (κ3) is 3.71. The molecule has 60 valence electrons. The van der Waals surface area contributed by atoms with Crippen LogP contribution in [0, 0.1) is 11.8 Å². The highest BCUT2D eigenvalue weighted by atomic mass is 14.2. The Morgan fingerprint density at radius 3 is 1.80 bits per heavy atom. The largest absolute Gasteiger partial charge is 0.0876 e. The van der Waals surface area contributed by atoms with E-state index in [1.807, 2.05) is 0 Å². The van der Waals surface area contributed by atoms with Crippen LogP contribution in [-0.4, -0.2) is 0 Å². The SMILES string of the molecule is CC(C)C1C=CC1.CCC. The zero-order valence-electron chi connectivity index (χ0n) is 7.72. The van der Waals surface area contributed by atoms with E-state index in [9.17, 15) is 0 Å². The highest BCUT2D eigenvalue weighted by Gasteiger charge is 2.12. The Balaban J connectivity index is 0.000000236. The first-order valence-corrected chi connectivity index (χ1v) is 4.39. The summed E-state index contributed by atoms with van der Waals surface area (Å²) in [6.45, 7) is 8.79. The van der Waals surface area contributed by atoms with Crippen molar-refractivity contribution in [2.24, 2.45) is 11.8 Å². The highest BCUT2D eigenvalue weighted by molar-refractivity contribution is 5.02. The van der Waals surface area contributed by atoms with Gasteiger partial charge in [0.15, 0.2) is 0 Å². The third-order valence-corrected chi connectivity index (χ3v) is 1.65. The Labute approximate surface area is 65.3 Å². The van der Waals surface area contributed by atoms with Gasteiger partial charge in [0.1, 0.15) is 0 Å². The van der Waals surface area contributed by atoms with Gasteiger partial charge in [-0.05, 0) is 18.3 Å². The molecule has 0 spiro atoms. The van der Waals surface area contributed by atoms with E-state index < -0.39 is 0 Å². The average Bonchev–Trinajstić information content (AvgIpc) is 1.59. The molecule has 1 rings (SSSR count). The maximum absolute atomic E-state index is 2.30. The number of allylic oxidation sites excluding steroid dienone is 2. The van der Waals surface area contributed by atoms with Gasteiger partial charge in [0, 0.05) is 0 Å². The number of hydrogen-bond donors (Lipinski definition) is 0. The van der Waals surface area contributed by atoms with Crippen LogP contribution in [-0.2, 0) is 0 Å². The zero-order valence-corrected chi connectivity index (χ0v) is 7.72. The molecule has 0 aromatic heterocycles. The predicted octanol–water partition coefficient (Wildman–Crippen LogP) is 3.63. The normalized spacial score (nSPS) is 21.5. The molecular formula is C10H20. The van der Waals surface area contributed by atoms with E-state index in [1.165, 1.54) is 12.8 Å². The quantitative estimate of drug-likeness (QED) is 0.488. The molecule has 0 saturated heterocycles. The van der Waals surface area contributed by atoms with Crippen LogP contribution < -0.4 is 0 Å². The monoisotopic (exact) mass is 140 g/mol. The Morgan fingerprint density at radius 2 is 1.80 bits per heavy atom. The van der Waals surface area contributed by atoms with Crippen LogP contribution in [0.2, 0.25) is 0 Å². The van der Waals surface area contributed by atoms with Crippen molar-refractivity contribution in [3.8, 4) is 0 Å². The first-order chi connectivity index (χ1) is 4.72. The van der Waals surface area contributed by atoms with Crippen LogP contribution in [0.4, 0.5) is 0 Å². The molecule has 0 nitrogen and oxygen atoms in total.